The fourth-order valence-electron chi connectivity index (χ4n) is 3.60. The first-order valence-corrected chi connectivity index (χ1v) is 10.2. The maximum Gasteiger partial charge on any atom is 0.251 e. The minimum Gasteiger partial charge on any atom is -0.497 e. The van der Waals surface area contributed by atoms with Crippen molar-refractivity contribution in [2.45, 2.75) is 25.3 Å². The van der Waals surface area contributed by atoms with E-state index in [0.717, 1.165) is 12.8 Å². The number of ether oxygens (including phenoxy) is 2. The minimum absolute atomic E-state index is 0.0913. The Labute approximate surface area is 180 Å². The first kappa shape index (κ1) is 20.7. The zero-order valence-corrected chi connectivity index (χ0v) is 17.5. The van der Waals surface area contributed by atoms with E-state index < -0.39 is 5.92 Å². The monoisotopic (exact) mass is 423 g/mol. The zero-order valence-electron chi connectivity index (χ0n) is 17.5. The van der Waals surface area contributed by atoms with Gasteiger partial charge in [-0.2, -0.15) is 0 Å². The fraction of sp³-hybridized carbons (Fsp3) is 0.348. The van der Waals surface area contributed by atoms with Gasteiger partial charge in [-0.05, 0) is 43.2 Å². The van der Waals surface area contributed by atoms with Gasteiger partial charge in [0.05, 0.1) is 25.8 Å². The van der Waals surface area contributed by atoms with E-state index in [0.29, 0.717) is 28.4 Å². The molecule has 0 bridgehead atoms. The van der Waals surface area contributed by atoms with E-state index in [2.05, 4.69) is 10.6 Å². The van der Waals surface area contributed by atoms with Gasteiger partial charge >= 0.3 is 0 Å². The summed E-state index contributed by atoms with van der Waals surface area (Å²) in [7, 11) is 3.08. The molecule has 1 atom stereocenters. The van der Waals surface area contributed by atoms with Crippen LogP contribution in [-0.2, 0) is 9.59 Å². The van der Waals surface area contributed by atoms with Gasteiger partial charge in [0.2, 0.25) is 11.8 Å². The third kappa shape index (κ3) is 4.63. The molecular formula is C23H25N3O5. The largest absolute Gasteiger partial charge is 0.497 e. The van der Waals surface area contributed by atoms with E-state index in [1.54, 1.807) is 54.5 Å². The Kier molecular flexibility index (Phi) is 5.79. The first-order chi connectivity index (χ1) is 15.0. The number of carbonyl (C=O) groups excluding carboxylic acids is 3. The van der Waals surface area contributed by atoms with Crippen LogP contribution >= 0.6 is 0 Å². The molecule has 8 heteroatoms. The highest BCUT2D eigenvalue weighted by Crippen LogP contribution is 2.36. The van der Waals surface area contributed by atoms with Crippen molar-refractivity contribution in [1.82, 2.24) is 5.32 Å². The molecule has 31 heavy (non-hydrogen) atoms. The third-order valence-electron chi connectivity index (χ3n) is 5.48. The maximum atomic E-state index is 12.8. The molecule has 4 rings (SSSR count). The fourth-order valence-corrected chi connectivity index (χ4v) is 3.60. The molecule has 1 aliphatic carbocycles. The van der Waals surface area contributed by atoms with Crippen molar-refractivity contribution < 1.29 is 23.9 Å². The normalized spacial score (nSPS) is 17.9. The van der Waals surface area contributed by atoms with Crippen LogP contribution in [0.5, 0.6) is 11.5 Å². The summed E-state index contributed by atoms with van der Waals surface area (Å²) in [6, 6.07) is 12.3. The lowest BCUT2D eigenvalue weighted by molar-refractivity contribution is -0.122. The molecule has 1 unspecified atom stereocenters. The van der Waals surface area contributed by atoms with E-state index in [1.165, 1.54) is 7.11 Å². The molecule has 3 amide bonds. The lowest BCUT2D eigenvalue weighted by Crippen LogP contribution is -2.28. The van der Waals surface area contributed by atoms with E-state index in [-0.39, 0.29) is 36.7 Å². The van der Waals surface area contributed by atoms with E-state index in [9.17, 15) is 14.4 Å². The molecule has 1 saturated carbocycles. The zero-order chi connectivity index (χ0) is 22.0. The first-order valence-electron chi connectivity index (χ1n) is 10.2. The number of carbonyl (C=O) groups is 3. The Balaban J connectivity index is 1.45. The molecule has 0 spiro atoms. The number of anilines is 2. The second-order valence-corrected chi connectivity index (χ2v) is 7.76. The van der Waals surface area contributed by atoms with Gasteiger partial charge in [0.25, 0.3) is 5.91 Å². The smallest absolute Gasteiger partial charge is 0.251 e. The summed E-state index contributed by atoms with van der Waals surface area (Å²) < 4.78 is 10.6. The summed E-state index contributed by atoms with van der Waals surface area (Å²) >= 11 is 0. The molecule has 2 fully saturated rings. The predicted octanol–water partition coefficient (Wildman–Crippen LogP) is 2.59. The summed E-state index contributed by atoms with van der Waals surface area (Å²) in [5.41, 5.74) is 1.59. The van der Waals surface area contributed by atoms with Crippen LogP contribution in [0.4, 0.5) is 11.4 Å². The van der Waals surface area contributed by atoms with Crippen LogP contribution < -0.4 is 25.0 Å². The van der Waals surface area contributed by atoms with Crippen LogP contribution in [-0.4, -0.2) is 44.5 Å². The SMILES string of the molecule is COc1ccc(OC)c(N2CC(C(=O)Nc3cccc(C(=O)NC4CC4)c3)CC2=O)c1. The van der Waals surface area contributed by atoms with Crippen LogP contribution in [0.25, 0.3) is 0 Å². The van der Waals surface area contributed by atoms with Gasteiger partial charge < -0.3 is 25.0 Å². The van der Waals surface area contributed by atoms with Gasteiger partial charge in [-0.25, -0.2) is 0 Å². The third-order valence-corrected chi connectivity index (χ3v) is 5.48. The van der Waals surface area contributed by atoms with Crippen molar-refractivity contribution in [2.24, 2.45) is 5.92 Å². The van der Waals surface area contributed by atoms with Gasteiger partial charge in [-0.3, -0.25) is 14.4 Å². The summed E-state index contributed by atoms with van der Waals surface area (Å²) in [5.74, 6) is 0.0300. The number of hydrogen-bond acceptors (Lipinski definition) is 5. The van der Waals surface area contributed by atoms with E-state index in [1.807, 2.05) is 0 Å². The maximum absolute atomic E-state index is 12.8. The quantitative estimate of drug-likeness (QED) is 0.714. The molecule has 2 aliphatic rings. The number of nitrogens with one attached hydrogen (secondary N) is 2. The molecule has 1 heterocycles. The lowest BCUT2D eigenvalue weighted by Gasteiger charge is -2.20. The van der Waals surface area contributed by atoms with Crippen LogP contribution in [0, 0.1) is 5.92 Å². The predicted molar refractivity (Wildman–Crippen MR) is 116 cm³/mol. The highest BCUT2D eigenvalue weighted by Gasteiger charge is 2.36. The average Bonchev–Trinajstić information content (AvgIpc) is 3.51. The van der Waals surface area contributed by atoms with E-state index in [4.69, 9.17) is 9.47 Å². The van der Waals surface area contributed by atoms with Crippen molar-refractivity contribution in [3.05, 3.63) is 48.0 Å². The van der Waals surface area contributed by atoms with E-state index >= 15 is 0 Å². The molecule has 2 aromatic rings. The molecule has 1 aliphatic heterocycles. The Bertz CT molecular complexity index is 1020. The topological polar surface area (TPSA) is 97.0 Å². The number of amides is 3. The summed E-state index contributed by atoms with van der Waals surface area (Å²) in [4.78, 5) is 39.3. The summed E-state index contributed by atoms with van der Waals surface area (Å²) in [6.45, 7) is 0.232. The van der Waals surface area contributed by atoms with Crippen molar-refractivity contribution in [3.8, 4) is 11.5 Å². The number of rotatable bonds is 7. The Morgan fingerprint density at radius 2 is 1.87 bits per heavy atom. The highest BCUT2D eigenvalue weighted by atomic mass is 16.5. The van der Waals surface area contributed by atoms with Gasteiger partial charge in [0.15, 0.2) is 0 Å². The molecule has 162 valence electrons. The number of nitrogens with zero attached hydrogens (tertiary/aromatic N) is 1. The number of benzene rings is 2. The van der Waals surface area contributed by atoms with Gasteiger partial charge in [0, 0.05) is 36.3 Å². The van der Waals surface area contributed by atoms with Crippen LogP contribution in [0.15, 0.2) is 42.5 Å². The Morgan fingerprint density at radius 1 is 1.06 bits per heavy atom. The molecule has 2 N–H and O–H groups in total. The van der Waals surface area contributed by atoms with Crippen molar-refractivity contribution in [2.75, 3.05) is 31.0 Å². The van der Waals surface area contributed by atoms with Crippen molar-refractivity contribution in [3.63, 3.8) is 0 Å². The van der Waals surface area contributed by atoms with Crippen molar-refractivity contribution in [1.29, 1.82) is 0 Å². The van der Waals surface area contributed by atoms with Crippen molar-refractivity contribution >= 4 is 29.1 Å². The van der Waals surface area contributed by atoms with Crippen LogP contribution in [0.1, 0.15) is 29.6 Å². The summed E-state index contributed by atoms with van der Waals surface area (Å²) in [6.07, 6.45) is 2.10. The molecule has 1 saturated heterocycles. The second-order valence-electron chi connectivity index (χ2n) is 7.76. The van der Waals surface area contributed by atoms with Gasteiger partial charge in [-0.15, -0.1) is 0 Å². The lowest BCUT2D eigenvalue weighted by atomic mass is 10.1. The van der Waals surface area contributed by atoms with Crippen LogP contribution in [0.2, 0.25) is 0 Å². The second kappa shape index (κ2) is 8.67. The Hall–Kier alpha value is -3.55. The number of hydrogen-bond donors (Lipinski definition) is 2. The molecule has 8 nitrogen and oxygen atoms in total. The van der Waals surface area contributed by atoms with Gasteiger partial charge in [0.1, 0.15) is 11.5 Å². The molecule has 2 aromatic carbocycles. The molecular weight excluding hydrogens is 398 g/mol. The highest BCUT2D eigenvalue weighted by molar-refractivity contribution is 6.04. The number of methoxy groups -OCH3 is 2. The average molecular weight is 423 g/mol. The van der Waals surface area contributed by atoms with Gasteiger partial charge in [-0.1, -0.05) is 6.07 Å². The molecule has 0 aromatic heterocycles. The standard InChI is InChI=1S/C23H25N3O5/c1-30-18-8-9-20(31-2)19(12-18)26-13-15(11-21(26)27)23(29)25-17-5-3-4-14(10-17)22(28)24-16-6-7-16/h3-5,8-10,12,15-16H,6-7,11,13H2,1-2H3,(H,24,28)(H,25,29). The Morgan fingerprint density at radius 3 is 2.58 bits per heavy atom. The minimum atomic E-state index is -0.521. The van der Waals surface area contributed by atoms with Crippen LogP contribution in [0.3, 0.4) is 0 Å². The summed E-state index contributed by atoms with van der Waals surface area (Å²) in [5, 5.41) is 5.77. The molecule has 0 radical (unpaired) electrons.